The third-order valence-electron chi connectivity index (χ3n) is 4.47. The van der Waals surface area contributed by atoms with E-state index in [9.17, 15) is 26.4 Å². The highest BCUT2D eigenvalue weighted by Gasteiger charge is 2.28. The standard InChI is InChI=1S/C17H24F3N3O4S/c1-27-10-9-23-8-2-3-14(23)11-22-28(25,26)15-6-4-13(5-7-15)16(24)21-12-17(18,19)20/h4-7,14,22H,2-3,8-12H2,1H3,(H,21,24). The van der Waals surface area contributed by atoms with Gasteiger partial charge in [0.2, 0.25) is 10.0 Å². The number of carbonyl (C=O) groups is 1. The normalized spacial score (nSPS) is 18.4. The minimum atomic E-state index is -4.51. The first-order valence-electron chi connectivity index (χ1n) is 8.80. The van der Waals surface area contributed by atoms with Gasteiger partial charge in [-0.1, -0.05) is 0 Å². The summed E-state index contributed by atoms with van der Waals surface area (Å²) in [5.41, 5.74) is -0.0512. The molecule has 1 fully saturated rings. The maximum absolute atomic E-state index is 12.4. The van der Waals surface area contributed by atoms with E-state index in [1.54, 1.807) is 12.4 Å². The van der Waals surface area contributed by atoms with Crippen molar-refractivity contribution in [2.24, 2.45) is 0 Å². The first-order chi connectivity index (χ1) is 13.1. The molecule has 2 rings (SSSR count). The summed E-state index contributed by atoms with van der Waals surface area (Å²) in [5, 5.41) is 1.74. The third kappa shape index (κ3) is 6.73. The molecule has 1 aliphatic rings. The van der Waals surface area contributed by atoms with Gasteiger partial charge < -0.3 is 10.1 Å². The summed E-state index contributed by atoms with van der Waals surface area (Å²) in [7, 11) is -2.18. The van der Waals surface area contributed by atoms with Gasteiger partial charge in [-0.3, -0.25) is 9.69 Å². The Morgan fingerprint density at radius 2 is 1.96 bits per heavy atom. The number of hydrogen-bond acceptors (Lipinski definition) is 5. The van der Waals surface area contributed by atoms with E-state index in [-0.39, 0.29) is 23.0 Å². The average Bonchev–Trinajstić information content (AvgIpc) is 3.10. The number of alkyl halides is 3. The second kappa shape index (κ2) is 9.68. The molecule has 0 aliphatic carbocycles. The van der Waals surface area contributed by atoms with Gasteiger partial charge in [-0.25, -0.2) is 13.1 Å². The Hall–Kier alpha value is -1.69. The fraction of sp³-hybridized carbons (Fsp3) is 0.588. The van der Waals surface area contributed by atoms with Gasteiger partial charge in [-0.05, 0) is 43.7 Å². The predicted molar refractivity (Wildman–Crippen MR) is 96.5 cm³/mol. The number of methoxy groups -OCH3 is 1. The fourth-order valence-corrected chi connectivity index (χ4v) is 4.06. The van der Waals surface area contributed by atoms with Crippen LogP contribution < -0.4 is 10.0 Å². The molecule has 0 aromatic heterocycles. The minimum Gasteiger partial charge on any atom is -0.383 e. The number of carbonyl (C=O) groups excluding carboxylic acids is 1. The lowest BCUT2D eigenvalue weighted by Crippen LogP contribution is -2.41. The lowest BCUT2D eigenvalue weighted by atomic mass is 10.2. The van der Waals surface area contributed by atoms with Crippen molar-refractivity contribution in [2.75, 3.05) is 39.9 Å². The van der Waals surface area contributed by atoms with Crippen molar-refractivity contribution in [3.05, 3.63) is 29.8 Å². The van der Waals surface area contributed by atoms with Crippen LogP contribution in [0, 0.1) is 0 Å². The molecule has 1 aromatic carbocycles. The zero-order valence-corrected chi connectivity index (χ0v) is 16.3. The Labute approximate surface area is 162 Å². The van der Waals surface area contributed by atoms with E-state index < -0.39 is 28.7 Å². The summed E-state index contributed by atoms with van der Waals surface area (Å²) < 4.78 is 68.9. The molecule has 0 saturated carbocycles. The molecule has 1 saturated heterocycles. The molecule has 1 unspecified atom stereocenters. The molecule has 11 heteroatoms. The van der Waals surface area contributed by atoms with Crippen LogP contribution in [0.1, 0.15) is 23.2 Å². The van der Waals surface area contributed by atoms with Crippen molar-refractivity contribution in [1.82, 2.24) is 14.9 Å². The molecule has 28 heavy (non-hydrogen) atoms. The van der Waals surface area contributed by atoms with Gasteiger partial charge in [-0.15, -0.1) is 0 Å². The molecule has 0 bridgehead atoms. The maximum Gasteiger partial charge on any atom is 0.405 e. The van der Waals surface area contributed by atoms with Crippen LogP contribution in [0.2, 0.25) is 0 Å². The van der Waals surface area contributed by atoms with Crippen LogP contribution >= 0.6 is 0 Å². The second-order valence-electron chi connectivity index (χ2n) is 6.50. The first kappa shape index (κ1) is 22.6. The Balaban J connectivity index is 1.93. The largest absolute Gasteiger partial charge is 0.405 e. The molecular weight excluding hydrogens is 399 g/mol. The molecule has 1 heterocycles. The van der Waals surface area contributed by atoms with E-state index in [4.69, 9.17) is 4.74 Å². The molecule has 158 valence electrons. The lowest BCUT2D eigenvalue weighted by Gasteiger charge is -2.24. The van der Waals surface area contributed by atoms with E-state index in [1.165, 1.54) is 24.3 Å². The molecule has 0 radical (unpaired) electrons. The van der Waals surface area contributed by atoms with Gasteiger partial charge in [-0.2, -0.15) is 13.2 Å². The summed E-state index contributed by atoms with van der Waals surface area (Å²) in [6.45, 7) is 0.984. The number of nitrogens with zero attached hydrogens (tertiary/aromatic N) is 1. The molecule has 2 N–H and O–H groups in total. The monoisotopic (exact) mass is 423 g/mol. The van der Waals surface area contributed by atoms with Crippen molar-refractivity contribution in [3.8, 4) is 0 Å². The SMILES string of the molecule is COCCN1CCCC1CNS(=O)(=O)c1ccc(C(=O)NCC(F)(F)F)cc1. The Morgan fingerprint density at radius 3 is 2.57 bits per heavy atom. The van der Waals surface area contributed by atoms with E-state index >= 15 is 0 Å². The summed E-state index contributed by atoms with van der Waals surface area (Å²) in [6.07, 6.45) is -2.65. The topological polar surface area (TPSA) is 87.7 Å². The molecule has 0 spiro atoms. The Bertz CT molecular complexity index is 754. The summed E-state index contributed by atoms with van der Waals surface area (Å²) in [6, 6.07) is 4.84. The van der Waals surface area contributed by atoms with Crippen LogP contribution in [-0.4, -0.2) is 71.3 Å². The van der Waals surface area contributed by atoms with Gasteiger partial charge in [0.05, 0.1) is 11.5 Å². The lowest BCUT2D eigenvalue weighted by molar-refractivity contribution is -0.123. The van der Waals surface area contributed by atoms with E-state index in [0.29, 0.717) is 6.61 Å². The maximum atomic E-state index is 12.4. The average molecular weight is 423 g/mol. The second-order valence-corrected chi connectivity index (χ2v) is 8.27. The van der Waals surface area contributed by atoms with Gasteiger partial charge in [0, 0.05) is 31.8 Å². The van der Waals surface area contributed by atoms with Crippen molar-refractivity contribution in [3.63, 3.8) is 0 Å². The molecule has 1 aromatic rings. The van der Waals surface area contributed by atoms with Crippen molar-refractivity contribution < 1.29 is 31.1 Å². The number of likely N-dealkylation sites (tertiary alicyclic amines) is 1. The summed E-state index contributed by atoms with van der Waals surface area (Å²) in [5.74, 6) is -0.922. The van der Waals surface area contributed by atoms with Crippen LogP contribution in [0.15, 0.2) is 29.2 Å². The third-order valence-corrected chi connectivity index (χ3v) is 5.91. The number of rotatable bonds is 9. The number of nitrogens with one attached hydrogen (secondary N) is 2. The van der Waals surface area contributed by atoms with Crippen LogP contribution in [-0.2, 0) is 14.8 Å². The molecular formula is C17H24F3N3O4S. The number of sulfonamides is 1. The van der Waals surface area contributed by atoms with Crippen LogP contribution in [0.3, 0.4) is 0 Å². The highest BCUT2D eigenvalue weighted by molar-refractivity contribution is 7.89. The fourth-order valence-electron chi connectivity index (χ4n) is 2.99. The highest BCUT2D eigenvalue weighted by atomic mass is 32.2. The van der Waals surface area contributed by atoms with Crippen molar-refractivity contribution in [2.45, 2.75) is 30.0 Å². The number of amides is 1. The van der Waals surface area contributed by atoms with Crippen LogP contribution in [0.5, 0.6) is 0 Å². The van der Waals surface area contributed by atoms with Crippen molar-refractivity contribution in [1.29, 1.82) is 0 Å². The molecule has 7 nitrogen and oxygen atoms in total. The van der Waals surface area contributed by atoms with Crippen LogP contribution in [0.25, 0.3) is 0 Å². The highest BCUT2D eigenvalue weighted by Crippen LogP contribution is 2.18. The molecule has 1 amide bonds. The van der Waals surface area contributed by atoms with Gasteiger partial charge in [0.15, 0.2) is 0 Å². The Morgan fingerprint density at radius 1 is 1.29 bits per heavy atom. The summed E-state index contributed by atoms with van der Waals surface area (Å²) >= 11 is 0. The van der Waals surface area contributed by atoms with Crippen molar-refractivity contribution >= 4 is 15.9 Å². The number of hydrogen-bond donors (Lipinski definition) is 2. The van der Waals surface area contributed by atoms with Crippen LogP contribution in [0.4, 0.5) is 13.2 Å². The summed E-state index contributed by atoms with van der Waals surface area (Å²) in [4.78, 5) is 13.8. The zero-order chi connectivity index (χ0) is 20.8. The van der Waals surface area contributed by atoms with E-state index in [0.717, 1.165) is 25.9 Å². The van der Waals surface area contributed by atoms with E-state index in [1.807, 2.05) is 0 Å². The van der Waals surface area contributed by atoms with E-state index in [2.05, 4.69) is 9.62 Å². The predicted octanol–water partition coefficient (Wildman–Crippen LogP) is 1.37. The number of halogens is 3. The van der Waals surface area contributed by atoms with Gasteiger partial charge >= 0.3 is 6.18 Å². The quantitative estimate of drug-likeness (QED) is 0.627. The van der Waals surface area contributed by atoms with Gasteiger partial charge in [0.25, 0.3) is 5.91 Å². The number of benzene rings is 1. The number of ether oxygens (including phenoxy) is 1. The Kier molecular flexibility index (Phi) is 7.81. The molecule has 1 atom stereocenters. The smallest absolute Gasteiger partial charge is 0.383 e. The minimum absolute atomic E-state index is 0.0512. The zero-order valence-electron chi connectivity index (χ0n) is 15.5. The van der Waals surface area contributed by atoms with Gasteiger partial charge in [0.1, 0.15) is 6.54 Å². The first-order valence-corrected chi connectivity index (χ1v) is 10.3. The molecule has 1 aliphatic heterocycles.